The van der Waals surface area contributed by atoms with E-state index in [4.69, 9.17) is 5.11 Å². The summed E-state index contributed by atoms with van der Waals surface area (Å²) in [6.07, 6.45) is 6.33. The number of rotatable bonds is 3. The predicted octanol–water partition coefficient (Wildman–Crippen LogP) is 0.304. The molecule has 3 rings (SSSR count). The number of aliphatic hydroxyl groups excluding tert-OH is 1. The third-order valence-corrected chi connectivity index (χ3v) is 5.69. The van der Waals surface area contributed by atoms with E-state index in [1.807, 2.05) is 0 Å². The summed E-state index contributed by atoms with van der Waals surface area (Å²) < 4.78 is 0. The van der Waals surface area contributed by atoms with E-state index in [1.54, 1.807) is 4.90 Å². The molecular weight excluding hydrogens is 294 g/mol. The molecule has 130 valence electrons. The summed E-state index contributed by atoms with van der Waals surface area (Å²) in [6.45, 7) is 4.90. The van der Waals surface area contributed by atoms with Gasteiger partial charge in [-0.25, -0.2) is 0 Å². The Labute approximate surface area is 138 Å². The van der Waals surface area contributed by atoms with Crippen LogP contribution in [0.15, 0.2) is 0 Å². The van der Waals surface area contributed by atoms with Crippen LogP contribution in [-0.2, 0) is 9.59 Å². The van der Waals surface area contributed by atoms with Crippen molar-refractivity contribution in [3.63, 3.8) is 0 Å². The Bertz CT molecular complexity index is 429. The number of carbonyl (C=O) groups excluding carboxylic acids is 2. The van der Waals surface area contributed by atoms with Crippen LogP contribution in [0.5, 0.6) is 0 Å². The van der Waals surface area contributed by atoms with E-state index in [0.29, 0.717) is 11.9 Å². The number of piperidine rings is 2. The summed E-state index contributed by atoms with van der Waals surface area (Å²) in [5.41, 5.74) is 0. The van der Waals surface area contributed by atoms with Crippen molar-refractivity contribution in [3.8, 4) is 0 Å². The van der Waals surface area contributed by atoms with E-state index in [1.165, 1.54) is 0 Å². The van der Waals surface area contributed by atoms with Gasteiger partial charge >= 0.3 is 0 Å². The highest BCUT2D eigenvalue weighted by atomic mass is 16.3. The van der Waals surface area contributed by atoms with Gasteiger partial charge in [0.25, 0.3) is 0 Å². The third kappa shape index (κ3) is 3.86. The zero-order valence-corrected chi connectivity index (χ0v) is 14.0. The lowest BCUT2D eigenvalue weighted by Crippen LogP contribution is -2.52. The molecule has 6 nitrogen and oxygen atoms in total. The lowest BCUT2D eigenvalue weighted by atomic mass is 9.93. The van der Waals surface area contributed by atoms with Crippen molar-refractivity contribution in [1.82, 2.24) is 14.7 Å². The van der Waals surface area contributed by atoms with Gasteiger partial charge < -0.3 is 14.9 Å². The van der Waals surface area contributed by atoms with Crippen molar-refractivity contribution in [3.05, 3.63) is 0 Å². The van der Waals surface area contributed by atoms with E-state index < -0.39 is 0 Å². The molecule has 3 aliphatic rings. The SMILES string of the molecule is O=C(CO)N1CCC(N2CCC[C@@H](C(=O)N3CCCC3)C2)CC1. The van der Waals surface area contributed by atoms with Crippen molar-refractivity contribution in [2.24, 2.45) is 5.92 Å². The van der Waals surface area contributed by atoms with E-state index in [-0.39, 0.29) is 18.4 Å². The van der Waals surface area contributed by atoms with Crippen LogP contribution in [0, 0.1) is 5.92 Å². The zero-order chi connectivity index (χ0) is 16.2. The maximum Gasteiger partial charge on any atom is 0.248 e. The minimum absolute atomic E-state index is 0.163. The van der Waals surface area contributed by atoms with E-state index in [9.17, 15) is 9.59 Å². The summed E-state index contributed by atoms with van der Waals surface area (Å²) in [4.78, 5) is 30.5. The molecule has 0 bridgehead atoms. The van der Waals surface area contributed by atoms with Gasteiger partial charge in [0, 0.05) is 38.8 Å². The fraction of sp³-hybridized carbons (Fsp3) is 0.882. The van der Waals surface area contributed by atoms with Crippen molar-refractivity contribution in [2.75, 3.05) is 45.9 Å². The first kappa shape index (κ1) is 16.7. The van der Waals surface area contributed by atoms with Gasteiger partial charge in [0.05, 0.1) is 5.92 Å². The molecule has 23 heavy (non-hydrogen) atoms. The van der Waals surface area contributed by atoms with Crippen molar-refractivity contribution < 1.29 is 14.7 Å². The topological polar surface area (TPSA) is 64.1 Å². The normalized spacial score (nSPS) is 27.4. The standard InChI is InChI=1S/C17H29N3O3/c21-13-16(22)18-10-5-15(6-11-18)20-9-3-4-14(12-20)17(23)19-7-1-2-8-19/h14-15,21H,1-13H2/t14-/m1/s1. The van der Waals surface area contributed by atoms with Crippen molar-refractivity contribution in [1.29, 1.82) is 0 Å². The quantitative estimate of drug-likeness (QED) is 0.812. The minimum Gasteiger partial charge on any atom is -0.387 e. The third-order valence-electron chi connectivity index (χ3n) is 5.69. The smallest absolute Gasteiger partial charge is 0.248 e. The second-order valence-corrected chi connectivity index (χ2v) is 7.14. The minimum atomic E-state index is -0.388. The Morgan fingerprint density at radius 1 is 0.870 bits per heavy atom. The van der Waals surface area contributed by atoms with Crippen LogP contribution in [-0.4, -0.2) is 83.5 Å². The molecule has 0 radical (unpaired) electrons. The molecule has 3 saturated heterocycles. The molecule has 0 aromatic heterocycles. The second-order valence-electron chi connectivity index (χ2n) is 7.14. The van der Waals surface area contributed by atoms with Crippen molar-refractivity contribution in [2.45, 2.75) is 44.6 Å². The Morgan fingerprint density at radius 3 is 2.22 bits per heavy atom. The van der Waals surface area contributed by atoms with E-state index >= 15 is 0 Å². The van der Waals surface area contributed by atoms with Crippen LogP contribution >= 0.6 is 0 Å². The first-order valence-corrected chi connectivity index (χ1v) is 9.10. The summed E-state index contributed by atoms with van der Waals surface area (Å²) >= 11 is 0. The molecule has 0 aliphatic carbocycles. The van der Waals surface area contributed by atoms with Crippen LogP contribution in [0.3, 0.4) is 0 Å². The van der Waals surface area contributed by atoms with Crippen LogP contribution < -0.4 is 0 Å². The average Bonchev–Trinajstić information content (AvgIpc) is 3.15. The molecular formula is C17H29N3O3. The highest BCUT2D eigenvalue weighted by molar-refractivity contribution is 5.79. The lowest BCUT2D eigenvalue weighted by molar-refractivity contribution is -0.137. The number of nitrogens with zero attached hydrogens (tertiary/aromatic N) is 3. The molecule has 3 fully saturated rings. The number of hydrogen-bond donors (Lipinski definition) is 1. The predicted molar refractivity (Wildman–Crippen MR) is 86.8 cm³/mol. The summed E-state index contributed by atoms with van der Waals surface area (Å²) in [7, 11) is 0. The van der Waals surface area contributed by atoms with Crippen LogP contribution in [0.4, 0.5) is 0 Å². The highest BCUT2D eigenvalue weighted by Gasteiger charge is 2.34. The Balaban J connectivity index is 1.51. The molecule has 3 aliphatic heterocycles. The maximum atomic E-state index is 12.6. The van der Waals surface area contributed by atoms with Gasteiger partial charge in [-0.3, -0.25) is 14.5 Å². The van der Waals surface area contributed by atoms with Crippen LogP contribution in [0.1, 0.15) is 38.5 Å². The number of carbonyl (C=O) groups is 2. The summed E-state index contributed by atoms with van der Waals surface area (Å²) in [5, 5.41) is 8.96. The molecule has 6 heteroatoms. The monoisotopic (exact) mass is 323 g/mol. The average molecular weight is 323 g/mol. The van der Waals surface area contributed by atoms with Crippen molar-refractivity contribution >= 4 is 11.8 Å². The lowest BCUT2D eigenvalue weighted by Gasteiger charge is -2.42. The molecule has 0 spiro atoms. The molecule has 3 heterocycles. The van der Waals surface area contributed by atoms with Crippen LogP contribution in [0.2, 0.25) is 0 Å². The van der Waals surface area contributed by atoms with Crippen LogP contribution in [0.25, 0.3) is 0 Å². The molecule has 0 saturated carbocycles. The van der Waals surface area contributed by atoms with Gasteiger partial charge in [0.2, 0.25) is 11.8 Å². The first-order chi connectivity index (χ1) is 11.2. The molecule has 2 amide bonds. The molecule has 1 N–H and O–H groups in total. The first-order valence-electron chi connectivity index (χ1n) is 9.10. The zero-order valence-electron chi connectivity index (χ0n) is 14.0. The fourth-order valence-electron chi connectivity index (χ4n) is 4.32. The molecule has 0 unspecified atom stereocenters. The number of likely N-dealkylation sites (tertiary alicyclic amines) is 3. The second kappa shape index (κ2) is 7.62. The van der Waals surface area contributed by atoms with Gasteiger partial charge in [-0.2, -0.15) is 0 Å². The van der Waals surface area contributed by atoms with Gasteiger partial charge in [0.1, 0.15) is 6.61 Å². The molecule has 0 aromatic carbocycles. The number of aliphatic hydroxyl groups is 1. The van der Waals surface area contributed by atoms with Gasteiger partial charge in [-0.1, -0.05) is 0 Å². The fourth-order valence-corrected chi connectivity index (χ4v) is 4.32. The summed E-state index contributed by atoms with van der Waals surface area (Å²) in [5.74, 6) is 0.364. The Morgan fingerprint density at radius 2 is 1.57 bits per heavy atom. The Kier molecular flexibility index (Phi) is 5.54. The van der Waals surface area contributed by atoms with E-state index in [0.717, 1.165) is 77.8 Å². The van der Waals surface area contributed by atoms with Gasteiger partial charge in [-0.05, 0) is 45.1 Å². The number of hydrogen-bond acceptors (Lipinski definition) is 4. The highest BCUT2D eigenvalue weighted by Crippen LogP contribution is 2.26. The Hall–Kier alpha value is -1.14. The summed E-state index contributed by atoms with van der Waals surface area (Å²) in [6, 6.07) is 0.479. The molecule has 0 aromatic rings. The van der Waals surface area contributed by atoms with Gasteiger partial charge in [0.15, 0.2) is 0 Å². The number of amides is 2. The van der Waals surface area contributed by atoms with Gasteiger partial charge in [-0.15, -0.1) is 0 Å². The largest absolute Gasteiger partial charge is 0.387 e. The van der Waals surface area contributed by atoms with E-state index in [2.05, 4.69) is 9.80 Å². The molecule has 1 atom stereocenters. The maximum absolute atomic E-state index is 12.6.